The SMILES string of the molecule is CCCn1c(SC(C)C(=O)NCC(C)C)nc2sc3c(c2c1=O)CCC3. The van der Waals surface area contributed by atoms with Gasteiger partial charge in [-0.25, -0.2) is 4.98 Å². The zero-order valence-electron chi connectivity index (χ0n) is 15.9. The van der Waals surface area contributed by atoms with Gasteiger partial charge in [0.2, 0.25) is 5.91 Å². The van der Waals surface area contributed by atoms with E-state index in [-0.39, 0.29) is 16.7 Å². The Kier molecular flexibility index (Phi) is 6.07. The second kappa shape index (κ2) is 8.13. The van der Waals surface area contributed by atoms with Crippen LogP contribution in [-0.4, -0.2) is 27.3 Å². The normalized spacial score (nSPS) is 14.8. The van der Waals surface area contributed by atoms with Crippen LogP contribution in [0.2, 0.25) is 0 Å². The number of thiophene rings is 1. The smallest absolute Gasteiger partial charge is 0.263 e. The minimum Gasteiger partial charge on any atom is -0.355 e. The van der Waals surface area contributed by atoms with Gasteiger partial charge >= 0.3 is 0 Å². The van der Waals surface area contributed by atoms with Gasteiger partial charge in [-0.15, -0.1) is 11.3 Å². The van der Waals surface area contributed by atoms with Crippen molar-refractivity contribution in [2.75, 3.05) is 6.54 Å². The van der Waals surface area contributed by atoms with Crippen molar-refractivity contribution in [3.63, 3.8) is 0 Å². The summed E-state index contributed by atoms with van der Waals surface area (Å²) in [5, 5.41) is 4.16. The maximum Gasteiger partial charge on any atom is 0.263 e. The fourth-order valence-electron chi connectivity index (χ4n) is 3.23. The largest absolute Gasteiger partial charge is 0.355 e. The fourth-order valence-corrected chi connectivity index (χ4v) is 5.49. The summed E-state index contributed by atoms with van der Waals surface area (Å²) in [7, 11) is 0. The molecule has 2 heterocycles. The fraction of sp³-hybridized carbons (Fsp3) is 0.632. The van der Waals surface area contributed by atoms with Crippen LogP contribution < -0.4 is 10.9 Å². The Morgan fingerprint density at radius 1 is 1.35 bits per heavy atom. The molecule has 0 saturated carbocycles. The second-order valence-electron chi connectivity index (χ2n) is 7.29. The van der Waals surface area contributed by atoms with E-state index in [1.807, 2.05) is 6.92 Å². The van der Waals surface area contributed by atoms with Gasteiger partial charge in [0.1, 0.15) is 4.83 Å². The molecule has 0 radical (unpaired) electrons. The van der Waals surface area contributed by atoms with Gasteiger partial charge in [0.25, 0.3) is 5.56 Å². The lowest BCUT2D eigenvalue weighted by molar-refractivity contribution is -0.120. The van der Waals surface area contributed by atoms with Crippen molar-refractivity contribution in [1.29, 1.82) is 0 Å². The van der Waals surface area contributed by atoms with E-state index >= 15 is 0 Å². The number of carbonyl (C=O) groups excluding carboxylic acids is 1. The van der Waals surface area contributed by atoms with Crippen LogP contribution in [0.5, 0.6) is 0 Å². The summed E-state index contributed by atoms with van der Waals surface area (Å²) in [4.78, 5) is 32.4. The minimum absolute atomic E-state index is 0.00484. The van der Waals surface area contributed by atoms with Crippen molar-refractivity contribution >= 4 is 39.2 Å². The molecule has 2 aromatic heterocycles. The molecule has 26 heavy (non-hydrogen) atoms. The first kappa shape index (κ1) is 19.4. The molecule has 7 heteroatoms. The zero-order valence-corrected chi connectivity index (χ0v) is 17.6. The first-order valence-corrected chi connectivity index (χ1v) is 11.1. The first-order valence-electron chi connectivity index (χ1n) is 9.41. The monoisotopic (exact) mass is 393 g/mol. The van der Waals surface area contributed by atoms with E-state index in [1.165, 1.54) is 22.2 Å². The average molecular weight is 394 g/mol. The maximum atomic E-state index is 13.1. The molecule has 3 rings (SSSR count). The molecule has 0 spiro atoms. The number of fused-ring (bicyclic) bond motifs is 3. The van der Waals surface area contributed by atoms with Gasteiger partial charge in [0.05, 0.1) is 10.6 Å². The molecule has 0 saturated heterocycles. The lowest BCUT2D eigenvalue weighted by Crippen LogP contribution is -2.34. The Balaban J connectivity index is 1.93. The van der Waals surface area contributed by atoms with Crippen molar-refractivity contribution < 1.29 is 4.79 Å². The highest BCUT2D eigenvalue weighted by Gasteiger charge is 2.24. The molecule has 2 aromatic rings. The van der Waals surface area contributed by atoms with Gasteiger partial charge in [-0.2, -0.15) is 0 Å². The number of nitrogens with zero attached hydrogens (tertiary/aromatic N) is 2. The highest BCUT2D eigenvalue weighted by molar-refractivity contribution is 8.00. The number of aromatic nitrogens is 2. The second-order valence-corrected chi connectivity index (χ2v) is 9.68. The Hall–Kier alpha value is -1.34. The predicted octanol–water partition coefficient (Wildman–Crippen LogP) is 3.61. The van der Waals surface area contributed by atoms with Crippen molar-refractivity contribution in [3.8, 4) is 0 Å². The van der Waals surface area contributed by atoms with Crippen molar-refractivity contribution in [1.82, 2.24) is 14.9 Å². The third kappa shape index (κ3) is 3.83. The van der Waals surface area contributed by atoms with Crippen LogP contribution in [0.25, 0.3) is 10.2 Å². The number of carbonyl (C=O) groups is 1. The van der Waals surface area contributed by atoms with Crippen LogP contribution in [0, 0.1) is 5.92 Å². The Labute approximate surface area is 162 Å². The molecular weight excluding hydrogens is 366 g/mol. The highest BCUT2D eigenvalue weighted by Crippen LogP contribution is 2.36. The van der Waals surface area contributed by atoms with E-state index in [4.69, 9.17) is 4.98 Å². The molecule has 0 aliphatic heterocycles. The molecule has 0 aromatic carbocycles. The number of amides is 1. The van der Waals surface area contributed by atoms with Gasteiger partial charge in [-0.3, -0.25) is 14.2 Å². The average Bonchev–Trinajstić information content (AvgIpc) is 3.16. The quantitative estimate of drug-likeness (QED) is 0.576. The number of hydrogen-bond donors (Lipinski definition) is 1. The van der Waals surface area contributed by atoms with E-state index in [2.05, 4.69) is 26.1 Å². The number of nitrogens with one attached hydrogen (secondary N) is 1. The molecule has 1 amide bonds. The van der Waals surface area contributed by atoms with Crippen LogP contribution in [0.3, 0.4) is 0 Å². The number of hydrogen-bond acceptors (Lipinski definition) is 5. The van der Waals surface area contributed by atoms with E-state index < -0.39 is 0 Å². The van der Waals surface area contributed by atoms with E-state index in [1.54, 1.807) is 15.9 Å². The summed E-state index contributed by atoms with van der Waals surface area (Å²) < 4.78 is 1.77. The van der Waals surface area contributed by atoms with Crippen LogP contribution in [0.1, 0.15) is 51.0 Å². The molecular formula is C19H27N3O2S2. The third-order valence-electron chi connectivity index (χ3n) is 4.57. The van der Waals surface area contributed by atoms with Crippen LogP contribution in [0.15, 0.2) is 9.95 Å². The first-order chi connectivity index (χ1) is 12.4. The topological polar surface area (TPSA) is 64.0 Å². The van der Waals surface area contributed by atoms with E-state index in [0.29, 0.717) is 24.2 Å². The predicted molar refractivity (Wildman–Crippen MR) is 109 cm³/mol. The molecule has 1 aliphatic carbocycles. The van der Waals surface area contributed by atoms with Crippen LogP contribution >= 0.6 is 23.1 Å². The molecule has 1 N–H and O–H groups in total. The summed E-state index contributed by atoms with van der Waals surface area (Å²) in [6, 6.07) is 0. The Bertz CT molecular complexity index is 870. The van der Waals surface area contributed by atoms with E-state index in [0.717, 1.165) is 35.9 Å². The summed E-state index contributed by atoms with van der Waals surface area (Å²) in [6.45, 7) is 9.37. The summed E-state index contributed by atoms with van der Waals surface area (Å²) in [6.07, 6.45) is 4.04. The molecule has 142 valence electrons. The highest BCUT2D eigenvalue weighted by atomic mass is 32.2. The zero-order chi connectivity index (χ0) is 18.8. The van der Waals surface area contributed by atoms with Crippen LogP contribution in [0.4, 0.5) is 0 Å². The van der Waals surface area contributed by atoms with Gasteiger partial charge < -0.3 is 5.32 Å². The number of rotatable bonds is 7. The summed E-state index contributed by atoms with van der Waals surface area (Å²) >= 11 is 3.04. The van der Waals surface area contributed by atoms with Crippen molar-refractivity contribution in [2.45, 2.75) is 70.3 Å². The van der Waals surface area contributed by atoms with Crippen molar-refractivity contribution in [3.05, 3.63) is 20.8 Å². The Morgan fingerprint density at radius 2 is 2.12 bits per heavy atom. The number of aryl methyl sites for hydroxylation is 2. The van der Waals surface area contributed by atoms with Gasteiger partial charge in [-0.05, 0) is 44.1 Å². The summed E-state index contributed by atoms with van der Waals surface area (Å²) in [5.41, 5.74) is 1.28. The van der Waals surface area contributed by atoms with Crippen LogP contribution in [-0.2, 0) is 24.2 Å². The standard InChI is InChI=1S/C19H27N3O2S2/c1-5-9-22-18(24)15-13-7-6-8-14(13)26-17(15)21-19(22)25-12(4)16(23)20-10-11(2)3/h11-12H,5-10H2,1-4H3,(H,20,23). The lowest BCUT2D eigenvalue weighted by atomic mass is 10.2. The lowest BCUT2D eigenvalue weighted by Gasteiger charge is -2.16. The maximum absolute atomic E-state index is 13.1. The molecule has 1 aliphatic rings. The Morgan fingerprint density at radius 3 is 2.81 bits per heavy atom. The van der Waals surface area contributed by atoms with Crippen molar-refractivity contribution in [2.24, 2.45) is 5.92 Å². The molecule has 5 nitrogen and oxygen atoms in total. The molecule has 1 atom stereocenters. The molecule has 0 bridgehead atoms. The molecule has 1 unspecified atom stereocenters. The summed E-state index contributed by atoms with van der Waals surface area (Å²) in [5.74, 6) is 0.409. The van der Waals surface area contributed by atoms with Gasteiger partial charge in [0, 0.05) is 18.0 Å². The number of thioether (sulfide) groups is 1. The third-order valence-corrected chi connectivity index (χ3v) is 6.85. The molecule has 0 fully saturated rings. The van der Waals surface area contributed by atoms with Gasteiger partial charge in [-0.1, -0.05) is 32.5 Å². The van der Waals surface area contributed by atoms with Gasteiger partial charge in [0.15, 0.2) is 5.16 Å². The van der Waals surface area contributed by atoms with E-state index in [9.17, 15) is 9.59 Å². The minimum atomic E-state index is -0.284.